The Labute approximate surface area is 589 Å². The summed E-state index contributed by atoms with van der Waals surface area (Å²) in [6.45, 7) is 5.01. The number of carbonyl (C=O) groups is 2. The van der Waals surface area contributed by atoms with E-state index < -0.39 is 12.1 Å². The molecule has 2 atom stereocenters. The van der Waals surface area contributed by atoms with Gasteiger partial charge in [0.25, 0.3) is 0 Å². The van der Waals surface area contributed by atoms with Gasteiger partial charge in [-0.1, -0.05) is 429 Å². The average Bonchev–Trinajstić information content (AvgIpc) is 3.37. The van der Waals surface area contributed by atoms with Crippen LogP contribution in [0.25, 0.3) is 0 Å². The minimum absolute atomic E-state index is 0.0184. The van der Waals surface area contributed by atoms with Gasteiger partial charge in [0.05, 0.1) is 25.4 Å². The molecule has 0 bridgehead atoms. The predicted octanol–water partition coefficient (Wildman–Crippen LogP) is 28.9. The van der Waals surface area contributed by atoms with E-state index in [2.05, 4.69) is 55.6 Å². The molecule has 0 fully saturated rings. The van der Waals surface area contributed by atoms with Crippen LogP contribution in [-0.2, 0) is 14.3 Å². The summed E-state index contributed by atoms with van der Waals surface area (Å²) in [4.78, 5) is 24.7. The molecule has 0 saturated heterocycles. The van der Waals surface area contributed by atoms with Crippen LogP contribution in [0.2, 0.25) is 0 Å². The lowest BCUT2D eigenvalue weighted by atomic mass is 10.0. The molecule has 94 heavy (non-hydrogen) atoms. The monoisotopic (exact) mass is 1320 g/mol. The Hall–Kier alpha value is -1.92. The molecule has 0 saturated carbocycles. The summed E-state index contributed by atoms with van der Waals surface area (Å²) in [5.41, 5.74) is 0. The summed E-state index contributed by atoms with van der Waals surface area (Å²) in [5, 5.41) is 23.5. The smallest absolute Gasteiger partial charge is 0.305 e. The summed E-state index contributed by atoms with van der Waals surface area (Å²) < 4.78 is 5.52. The first kappa shape index (κ1) is 92.1. The topological polar surface area (TPSA) is 95.9 Å². The maximum atomic E-state index is 12.6. The first-order valence-electron chi connectivity index (χ1n) is 43.2. The second-order valence-corrected chi connectivity index (χ2v) is 29.9. The average molecular weight is 1320 g/mol. The van der Waals surface area contributed by atoms with Crippen LogP contribution in [0.4, 0.5) is 0 Å². The molecular weight excluding hydrogens is 1150 g/mol. The molecule has 0 rings (SSSR count). The van der Waals surface area contributed by atoms with E-state index in [1.165, 1.54) is 405 Å². The van der Waals surface area contributed by atoms with Gasteiger partial charge in [0.1, 0.15) is 0 Å². The second kappa shape index (κ2) is 83.5. The van der Waals surface area contributed by atoms with E-state index in [-0.39, 0.29) is 18.5 Å². The largest absolute Gasteiger partial charge is 0.466 e. The molecule has 0 aromatic carbocycles. The Morgan fingerprint density at radius 2 is 0.532 bits per heavy atom. The third kappa shape index (κ3) is 79.1. The number of rotatable bonds is 82. The fourth-order valence-corrected chi connectivity index (χ4v) is 13.8. The Kier molecular flexibility index (Phi) is 81.8. The van der Waals surface area contributed by atoms with Gasteiger partial charge in [-0.25, -0.2) is 0 Å². The quantitative estimate of drug-likeness (QED) is 0.0320. The van der Waals surface area contributed by atoms with Crippen molar-refractivity contribution >= 4 is 11.9 Å². The lowest BCUT2D eigenvalue weighted by molar-refractivity contribution is -0.143. The van der Waals surface area contributed by atoms with Crippen LogP contribution in [0.15, 0.2) is 36.5 Å². The van der Waals surface area contributed by atoms with Gasteiger partial charge in [0, 0.05) is 12.8 Å². The summed E-state index contributed by atoms with van der Waals surface area (Å²) in [6.07, 6.45) is 110. The molecule has 0 radical (unpaired) electrons. The number of nitrogens with one attached hydrogen (secondary N) is 1. The van der Waals surface area contributed by atoms with Crippen molar-refractivity contribution in [1.82, 2.24) is 5.32 Å². The van der Waals surface area contributed by atoms with Crippen molar-refractivity contribution in [2.45, 2.75) is 501 Å². The van der Waals surface area contributed by atoms with Gasteiger partial charge >= 0.3 is 5.97 Å². The lowest BCUT2D eigenvalue weighted by Crippen LogP contribution is -2.45. The van der Waals surface area contributed by atoms with Crippen LogP contribution in [0.3, 0.4) is 0 Å². The molecule has 0 aromatic rings. The minimum Gasteiger partial charge on any atom is -0.466 e. The number of hydrogen-bond acceptors (Lipinski definition) is 5. The third-order valence-corrected chi connectivity index (χ3v) is 20.4. The fraction of sp³-hybridized carbons (Fsp3) is 0.909. The number of aliphatic hydroxyl groups excluding tert-OH is 2. The Morgan fingerprint density at radius 1 is 0.298 bits per heavy atom. The molecule has 0 spiro atoms. The zero-order chi connectivity index (χ0) is 67.7. The molecule has 6 nitrogen and oxygen atoms in total. The molecule has 0 aromatic heterocycles. The molecule has 2 unspecified atom stereocenters. The van der Waals surface area contributed by atoms with Crippen LogP contribution >= 0.6 is 0 Å². The minimum atomic E-state index is -0.663. The first-order chi connectivity index (χ1) is 46.5. The number of aliphatic hydroxyl groups is 2. The van der Waals surface area contributed by atoms with E-state index in [0.29, 0.717) is 25.9 Å². The van der Waals surface area contributed by atoms with Gasteiger partial charge in [-0.15, -0.1) is 0 Å². The zero-order valence-corrected chi connectivity index (χ0v) is 64.0. The summed E-state index contributed by atoms with van der Waals surface area (Å²) in [5.74, 6) is -0.00833. The SMILES string of the molecule is CCCCCCCCC/C=C\CCCCCCCCCC(=O)OCCCCCCCCCCCCCCCCC/C=C\C/C=C\CCCCCCCCCCCCCCCCCCCC(=O)NC(CO)C(O)CCCCCCCCCCCCCCCCCCCCCC. The number of hydrogen-bond donors (Lipinski definition) is 3. The van der Waals surface area contributed by atoms with Gasteiger partial charge < -0.3 is 20.3 Å². The van der Waals surface area contributed by atoms with Gasteiger partial charge in [0.2, 0.25) is 5.91 Å². The van der Waals surface area contributed by atoms with Crippen molar-refractivity contribution in [3.05, 3.63) is 36.5 Å². The highest BCUT2D eigenvalue weighted by atomic mass is 16.5. The standard InChI is InChI=1S/C88H169NO5/c1-3-5-7-9-11-13-15-17-19-21-23-45-48-52-56-60-64-68-72-76-80-86(91)85(84-90)89-87(92)81-77-73-69-65-61-57-53-49-46-43-41-39-37-35-33-31-29-27-25-24-26-28-30-32-34-36-38-40-42-44-47-51-55-59-63-67-71-75-79-83-94-88(93)82-78-74-70-66-62-58-54-50-22-20-18-16-14-12-10-8-6-4-2/h20,22,24-25,28,30,85-86,90-91H,3-19,21,23,26-27,29,31-84H2,1-2H3,(H,89,92)/b22-20-,25-24-,30-28-. The highest BCUT2D eigenvalue weighted by molar-refractivity contribution is 5.76. The summed E-state index contributed by atoms with van der Waals surface area (Å²) >= 11 is 0. The van der Waals surface area contributed by atoms with Crippen molar-refractivity contribution < 1.29 is 24.5 Å². The molecule has 0 heterocycles. The maximum Gasteiger partial charge on any atom is 0.305 e. The molecular formula is C88H169NO5. The molecule has 0 aliphatic carbocycles. The lowest BCUT2D eigenvalue weighted by Gasteiger charge is -2.22. The van der Waals surface area contributed by atoms with Crippen LogP contribution < -0.4 is 5.32 Å². The Balaban J connectivity index is 3.35. The van der Waals surface area contributed by atoms with Crippen LogP contribution in [0, 0.1) is 0 Å². The van der Waals surface area contributed by atoms with Crippen molar-refractivity contribution in [1.29, 1.82) is 0 Å². The van der Waals surface area contributed by atoms with E-state index in [4.69, 9.17) is 4.74 Å². The van der Waals surface area contributed by atoms with Gasteiger partial charge in [-0.3, -0.25) is 9.59 Å². The van der Waals surface area contributed by atoms with Crippen LogP contribution in [0.1, 0.15) is 489 Å². The highest BCUT2D eigenvalue weighted by Gasteiger charge is 2.20. The number of esters is 1. The molecule has 6 heteroatoms. The van der Waals surface area contributed by atoms with Crippen molar-refractivity contribution in [3.8, 4) is 0 Å². The Bertz CT molecular complexity index is 1520. The van der Waals surface area contributed by atoms with Crippen LogP contribution in [0.5, 0.6) is 0 Å². The van der Waals surface area contributed by atoms with Gasteiger partial charge in [-0.2, -0.15) is 0 Å². The first-order valence-corrected chi connectivity index (χ1v) is 43.2. The third-order valence-electron chi connectivity index (χ3n) is 20.4. The summed E-state index contributed by atoms with van der Waals surface area (Å²) in [7, 11) is 0. The maximum absolute atomic E-state index is 12.6. The van der Waals surface area contributed by atoms with Gasteiger partial charge in [0.15, 0.2) is 0 Å². The van der Waals surface area contributed by atoms with Crippen molar-refractivity contribution in [3.63, 3.8) is 0 Å². The molecule has 0 aliphatic heterocycles. The number of ether oxygens (including phenoxy) is 1. The summed E-state index contributed by atoms with van der Waals surface area (Å²) in [6, 6.07) is -0.540. The van der Waals surface area contributed by atoms with Gasteiger partial charge in [-0.05, 0) is 83.5 Å². The van der Waals surface area contributed by atoms with E-state index >= 15 is 0 Å². The number of carbonyl (C=O) groups excluding carboxylic acids is 2. The molecule has 3 N–H and O–H groups in total. The zero-order valence-electron chi connectivity index (χ0n) is 64.0. The van der Waals surface area contributed by atoms with E-state index in [1.54, 1.807) is 0 Å². The van der Waals surface area contributed by atoms with E-state index in [1.807, 2.05) is 0 Å². The molecule has 556 valence electrons. The normalized spacial score (nSPS) is 12.6. The van der Waals surface area contributed by atoms with Crippen molar-refractivity contribution in [2.24, 2.45) is 0 Å². The fourth-order valence-electron chi connectivity index (χ4n) is 13.8. The van der Waals surface area contributed by atoms with Crippen molar-refractivity contribution in [2.75, 3.05) is 13.2 Å². The van der Waals surface area contributed by atoms with E-state index in [9.17, 15) is 19.8 Å². The second-order valence-electron chi connectivity index (χ2n) is 29.9. The number of unbranched alkanes of at least 4 members (excludes halogenated alkanes) is 65. The Morgan fingerprint density at radius 3 is 0.819 bits per heavy atom. The highest BCUT2D eigenvalue weighted by Crippen LogP contribution is 2.20. The molecule has 0 aliphatic rings. The molecule has 1 amide bonds. The predicted molar refractivity (Wildman–Crippen MR) is 416 cm³/mol. The number of allylic oxidation sites excluding steroid dienone is 6. The van der Waals surface area contributed by atoms with E-state index in [0.717, 1.165) is 51.4 Å². The van der Waals surface area contributed by atoms with Crippen LogP contribution in [-0.4, -0.2) is 47.4 Å². The number of amides is 1.